The Morgan fingerprint density at radius 2 is 1.84 bits per heavy atom. The zero-order valence-corrected chi connectivity index (χ0v) is 13.6. The van der Waals surface area contributed by atoms with Crippen LogP contribution in [0, 0.1) is 17.8 Å². The SMILES string of the molecule is CC(C)CNCc1ccc(CN2CC(C)C(C)C2)s1. The Bertz CT molecular complexity index is 376. The maximum Gasteiger partial charge on any atom is 0.0328 e. The van der Waals surface area contributed by atoms with E-state index in [9.17, 15) is 0 Å². The van der Waals surface area contributed by atoms with Crippen molar-refractivity contribution in [1.29, 1.82) is 0 Å². The summed E-state index contributed by atoms with van der Waals surface area (Å²) in [6.07, 6.45) is 0. The van der Waals surface area contributed by atoms with Gasteiger partial charge in [0.25, 0.3) is 0 Å². The molecule has 2 rings (SSSR count). The van der Waals surface area contributed by atoms with E-state index in [-0.39, 0.29) is 0 Å². The lowest BCUT2D eigenvalue weighted by Crippen LogP contribution is -2.19. The van der Waals surface area contributed by atoms with Gasteiger partial charge in [-0.15, -0.1) is 11.3 Å². The fourth-order valence-electron chi connectivity index (χ4n) is 2.68. The summed E-state index contributed by atoms with van der Waals surface area (Å²) in [6, 6.07) is 4.60. The molecule has 108 valence electrons. The van der Waals surface area contributed by atoms with Crippen molar-refractivity contribution in [3.63, 3.8) is 0 Å². The second-order valence-corrected chi connectivity index (χ2v) is 7.79. The molecule has 1 aliphatic heterocycles. The highest BCUT2D eigenvalue weighted by Crippen LogP contribution is 2.26. The summed E-state index contributed by atoms with van der Waals surface area (Å²) in [5, 5.41) is 3.52. The van der Waals surface area contributed by atoms with Gasteiger partial charge in [0.15, 0.2) is 0 Å². The summed E-state index contributed by atoms with van der Waals surface area (Å²) in [4.78, 5) is 5.59. The maximum atomic E-state index is 3.52. The van der Waals surface area contributed by atoms with Gasteiger partial charge in [-0.1, -0.05) is 27.7 Å². The average molecular weight is 280 g/mol. The van der Waals surface area contributed by atoms with E-state index in [1.807, 2.05) is 11.3 Å². The third kappa shape index (κ3) is 4.59. The minimum atomic E-state index is 0.729. The van der Waals surface area contributed by atoms with Gasteiger partial charge < -0.3 is 5.32 Å². The molecule has 2 heterocycles. The van der Waals surface area contributed by atoms with Gasteiger partial charge in [0.2, 0.25) is 0 Å². The second-order valence-electron chi connectivity index (χ2n) is 6.54. The summed E-state index contributed by atoms with van der Waals surface area (Å²) in [5.74, 6) is 2.44. The van der Waals surface area contributed by atoms with Crippen LogP contribution in [0.4, 0.5) is 0 Å². The van der Waals surface area contributed by atoms with Gasteiger partial charge in [0.05, 0.1) is 0 Å². The molecule has 3 heteroatoms. The Morgan fingerprint density at radius 3 is 2.47 bits per heavy atom. The van der Waals surface area contributed by atoms with E-state index in [0.29, 0.717) is 0 Å². The third-order valence-electron chi connectivity index (χ3n) is 4.01. The lowest BCUT2D eigenvalue weighted by Gasteiger charge is -2.13. The van der Waals surface area contributed by atoms with Crippen LogP contribution in [0.3, 0.4) is 0 Å². The number of hydrogen-bond donors (Lipinski definition) is 1. The Balaban J connectivity index is 1.78. The molecule has 0 spiro atoms. The van der Waals surface area contributed by atoms with Gasteiger partial charge in [-0.3, -0.25) is 4.90 Å². The third-order valence-corrected chi connectivity index (χ3v) is 5.08. The molecule has 0 bridgehead atoms. The largest absolute Gasteiger partial charge is 0.312 e. The molecular weight excluding hydrogens is 252 g/mol. The van der Waals surface area contributed by atoms with Gasteiger partial charge in [0.1, 0.15) is 0 Å². The Labute approximate surface area is 122 Å². The highest BCUT2D eigenvalue weighted by atomic mass is 32.1. The minimum absolute atomic E-state index is 0.729. The molecule has 1 fully saturated rings. The molecule has 1 aliphatic rings. The topological polar surface area (TPSA) is 15.3 Å². The molecule has 1 N–H and O–H groups in total. The molecule has 0 amide bonds. The predicted molar refractivity (Wildman–Crippen MR) is 84.5 cm³/mol. The molecule has 2 nitrogen and oxygen atoms in total. The number of hydrogen-bond acceptors (Lipinski definition) is 3. The van der Waals surface area contributed by atoms with Crippen LogP contribution in [-0.2, 0) is 13.1 Å². The first kappa shape index (κ1) is 15.0. The predicted octanol–water partition coefficient (Wildman–Crippen LogP) is 3.58. The van der Waals surface area contributed by atoms with Crippen LogP contribution in [0.2, 0.25) is 0 Å². The summed E-state index contributed by atoms with van der Waals surface area (Å²) in [5.41, 5.74) is 0. The number of nitrogens with zero attached hydrogens (tertiary/aromatic N) is 1. The number of nitrogens with one attached hydrogen (secondary N) is 1. The fourth-order valence-corrected chi connectivity index (χ4v) is 3.72. The number of thiophene rings is 1. The molecule has 0 aromatic carbocycles. The van der Waals surface area contributed by atoms with Gasteiger partial charge in [-0.05, 0) is 36.4 Å². The Morgan fingerprint density at radius 1 is 1.21 bits per heavy atom. The maximum absolute atomic E-state index is 3.52. The molecule has 1 saturated heterocycles. The molecule has 2 unspecified atom stereocenters. The number of rotatable bonds is 6. The molecule has 0 radical (unpaired) electrons. The van der Waals surface area contributed by atoms with Crippen molar-refractivity contribution in [2.45, 2.75) is 40.8 Å². The van der Waals surface area contributed by atoms with Crippen molar-refractivity contribution in [3.8, 4) is 0 Å². The first-order valence-electron chi connectivity index (χ1n) is 7.55. The number of likely N-dealkylation sites (tertiary alicyclic amines) is 1. The van der Waals surface area contributed by atoms with E-state index in [4.69, 9.17) is 0 Å². The fraction of sp³-hybridized carbons (Fsp3) is 0.750. The van der Waals surface area contributed by atoms with E-state index >= 15 is 0 Å². The van der Waals surface area contributed by atoms with E-state index < -0.39 is 0 Å². The zero-order chi connectivity index (χ0) is 13.8. The Kier molecular flexibility index (Phi) is 5.43. The molecule has 2 atom stereocenters. The monoisotopic (exact) mass is 280 g/mol. The quantitative estimate of drug-likeness (QED) is 0.857. The van der Waals surface area contributed by atoms with Crippen LogP contribution in [0.1, 0.15) is 37.4 Å². The van der Waals surface area contributed by atoms with Crippen molar-refractivity contribution in [1.82, 2.24) is 10.2 Å². The van der Waals surface area contributed by atoms with E-state index in [1.165, 1.54) is 22.8 Å². The lowest BCUT2D eigenvalue weighted by atomic mass is 10.0. The summed E-state index contributed by atoms with van der Waals surface area (Å²) >= 11 is 1.97. The summed E-state index contributed by atoms with van der Waals surface area (Å²) in [7, 11) is 0. The molecular formula is C16H28N2S. The molecule has 1 aromatic heterocycles. The van der Waals surface area contributed by atoms with Crippen molar-refractivity contribution in [2.24, 2.45) is 17.8 Å². The van der Waals surface area contributed by atoms with Gasteiger partial charge >= 0.3 is 0 Å². The lowest BCUT2D eigenvalue weighted by molar-refractivity contribution is 0.319. The van der Waals surface area contributed by atoms with Crippen LogP contribution >= 0.6 is 11.3 Å². The first-order chi connectivity index (χ1) is 9.04. The zero-order valence-electron chi connectivity index (χ0n) is 12.8. The van der Waals surface area contributed by atoms with Crippen LogP contribution < -0.4 is 5.32 Å². The standard InChI is InChI=1S/C16H28N2S/c1-12(2)7-17-8-15-5-6-16(19-15)11-18-9-13(3)14(4)10-18/h5-6,12-14,17H,7-11H2,1-4H3. The normalized spacial score (nSPS) is 24.5. The van der Waals surface area contributed by atoms with Crippen LogP contribution in [0.15, 0.2) is 12.1 Å². The van der Waals surface area contributed by atoms with Crippen LogP contribution in [0.5, 0.6) is 0 Å². The van der Waals surface area contributed by atoms with E-state index in [1.54, 1.807) is 0 Å². The van der Waals surface area contributed by atoms with Crippen LogP contribution in [0.25, 0.3) is 0 Å². The molecule has 0 aliphatic carbocycles. The van der Waals surface area contributed by atoms with Crippen molar-refractivity contribution >= 4 is 11.3 Å². The van der Waals surface area contributed by atoms with Crippen molar-refractivity contribution < 1.29 is 0 Å². The average Bonchev–Trinajstić information content (AvgIpc) is 2.87. The highest BCUT2D eigenvalue weighted by Gasteiger charge is 2.25. The van der Waals surface area contributed by atoms with Gasteiger partial charge in [-0.2, -0.15) is 0 Å². The molecule has 1 aromatic rings. The van der Waals surface area contributed by atoms with Gasteiger partial charge in [0, 0.05) is 35.9 Å². The van der Waals surface area contributed by atoms with Gasteiger partial charge in [-0.25, -0.2) is 0 Å². The second kappa shape index (κ2) is 6.87. The summed E-state index contributed by atoms with van der Waals surface area (Å²) < 4.78 is 0. The molecule has 0 saturated carbocycles. The Hall–Kier alpha value is -0.380. The minimum Gasteiger partial charge on any atom is -0.312 e. The summed E-state index contributed by atoms with van der Waals surface area (Å²) in [6.45, 7) is 15.1. The van der Waals surface area contributed by atoms with Crippen LogP contribution in [-0.4, -0.2) is 24.5 Å². The first-order valence-corrected chi connectivity index (χ1v) is 8.37. The molecule has 19 heavy (non-hydrogen) atoms. The van der Waals surface area contributed by atoms with Crippen molar-refractivity contribution in [3.05, 3.63) is 21.9 Å². The van der Waals surface area contributed by atoms with Crippen molar-refractivity contribution in [2.75, 3.05) is 19.6 Å². The van der Waals surface area contributed by atoms with E-state index in [0.717, 1.165) is 37.4 Å². The van der Waals surface area contributed by atoms with E-state index in [2.05, 4.69) is 50.0 Å². The highest BCUT2D eigenvalue weighted by molar-refractivity contribution is 7.11. The smallest absolute Gasteiger partial charge is 0.0328 e.